The van der Waals surface area contributed by atoms with Gasteiger partial charge in [0.15, 0.2) is 0 Å². The number of nitrogens with one attached hydrogen (secondary N) is 1. The van der Waals surface area contributed by atoms with E-state index in [9.17, 15) is 17.6 Å². The molecule has 0 aliphatic carbocycles. The summed E-state index contributed by atoms with van der Waals surface area (Å²) < 4.78 is 40.1. The first-order valence-electron chi connectivity index (χ1n) is 8.08. The van der Waals surface area contributed by atoms with Crippen molar-refractivity contribution in [2.75, 3.05) is 4.72 Å². The molecule has 0 bridgehead atoms. The van der Waals surface area contributed by atoms with Gasteiger partial charge >= 0.3 is 0 Å². The lowest BCUT2D eigenvalue weighted by atomic mass is 10.1. The van der Waals surface area contributed by atoms with Crippen molar-refractivity contribution in [1.29, 1.82) is 0 Å². The van der Waals surface area contributed by atoms with Crippen LogP contribution in [0.3, 0.4) is 0 Å². The number of hydrogen-bond acceptors (Lipinski definition) is 3. The van der Waals surface area contributed by atoms with Gasteiger partial charge in [-0.05, 0) is 29.8 Å². The normalized spacial score (nSPS) is 11.4. The summed E-state index contributed by atoms with van der Waals surface area (Å²) in [5, 5.41) is 4.88. The average Bonchev–Trinajstić information content (AvgIpc) is 2.97. The third-order valence-corrected chi connectivity index (χ3v) is 4.70. The number of carbonyl (C=O) groups excluding carboxylic acids is 1. The van der Waals surface area contributed by atoms with Crippen molar-refractivity contribution in [2.45, 2.75) is 6.42 Å². The fraction of sp³-hybridized carbons (Fsp3) is 0.105. The third kappa shape index (κ3) is 4.42. The van der Waals surface area contributed by atoms with Crippen molar-refractivity contribution < 1.29 is 17.6 Å². The molecule has 3 aromatic rings. The Morgan fingerprint density at radius 1 is 1.11 bits per heavy atom. The average molecular weight is 387 g/mol. The number of nitrogens with zero attached hydrogens (tertiary/aromatic N) is 1. The first-order chi connectivity index (χ1) is 12.7. The Bertz CT molecular complexity index is 1090. The number of ketones is 1. The first-order valence-corrected chi connectivity index (χ1v) is 9.62. The zero-order valence-corrected chi connectivity index (χ0v) is 15.3. The summed E-state index contributed by atoms with van der Waals surface area (Å²) in [4.78, 5) is 12.6. The van der Waals surface area contributed by atoms with Crippen molar-refractivity contribution in [3.8, 4) is 0 Å². The highest BCUT2D eigenvalue weighted by Gasteiger charge is 2.16. The van der Waals surface area contributed by atoms with Crippen LogP contribution in [-0.4, -0.2) is 18.8 Å². The quantitative estimate of drug-likeness (QED) is 0.637. The molecular formula is C19H18FN3O3S. The molecule has 3 N–H and O–H groups in total. The SMILES string of the molecule is Cn1c(Cc2ccc(NS(N)(=O)=O)cc2F)ccc1C(=O)c1ccccc1. The molecule has 0 saturated carbocycles. The summed E-state index contributed by atoms with van der Waals surface area (Å²) >= 11 is 0. The molecule has 1 aromatic heterocycles. The number of anilines is 1. The molecule has 0 fully saturated rings. The fourth-order valence-electron chi connectivity index (χ4n) is 2.81. The maximum absolute atomic E-state index is 14.3. The van der Waals surface area contributed by atoms with Crippen LogP contribution in [0.4, 0.5) is 10.1 Å². The van der Waals surface area contributed by atoms with Crippen molar-refractivity contribution in [1.82, 2.24) is 4.57 Å². The molecule has 0 aliphatic heterocycles. The van der Waals surface area contributed by atoms with Crippen molar-refractivity contribution in [3.63, 3.8) is 0 Å². The van der Waals surface area contributed by atoms with Gasteiger partial charge in [0.2, 0.25) is 5.78 Å². The number of hydrogen-bond donors (Lipinski definition) is 2. The van der Waals surface area contributed by atoms with E-state index in [4.69, 9.17) is 5.14 Å². The Labute approximate surface area is 156 Å². The standard InChI is InChI=1S/C19H18FN3O3S/c1-23-16(9-10-18(23)19(24)13-5-3-2-4-6-13)11-14-7-8-15(12-17(14)20)22-27(21,25)26/h2-10,12,22H,11H2,1H3,(H2,21,25,26). The summed E-state index contributed by atoms with van der Waals surface area (Å²) in [6, 6.07) is 16.4. The van der Waals surface area contributed by atoms with Crippen LogP contribution in [-0.2, 0) is 23.7 Å². The Morgan fingerprint density at radius 2 is 1.81 bits per heavy atom. The second-order valence-electron chi connectivity index (χ2n) is 6.09. The van der Waals surface area contributed by atoms with Crippen LogP contribution >= 0.6 is 0 Å². The molecule has 8 heteroatoms. The number of benzene rings is 2. The maximum Gasteiger partial charge on any atom is 0.296 e. The zero-order chi connectivity index (χ0) is 19.6. The molecule has 3 rings (SSSR count). The number of rotatable bonds is 6. The van der Waals surface area contributed by atoms with Crippen LogP contribution in [0.25, 0.3) is 0 Å². The van der Waals surface area contributed by atoms with E-state index in [0.717, 1.165) is 11.8 Å². The number of carbonyl (C=O) groups is 1. The minimum atomic E-state index is -3.96. The van der Waals surface area contributed by atoms with Gasteiger partial charge in [-0.1, -0.05) is 36.4 Å². The van der Waals surface area contributed by atoms with Gasteiger partial charge in [0.1, 0.15) is 5.82 Å². The maximum atomic E-state index is 14.3. The smallest absolute Gasteiger partial charge is 0.296 e. The number of halogens is 1. The lowest BCUT2D eigenvalue weighted by Crippen LogP contribution is -2.21. The molecule has 27 heavy (non-hydrogen) atoms. The van der Waals surface area contributed by atoms with E-state index >= 15 is 0 Å². The number of nitrogens with two attached hydrogens (primary N) is 1. The fourth-order valence-corrected chi connectivity index (χ4v) is 3.27. The predicted octanol–water partition coefficient (Wildman–Crippen LogP) is 2.60. The van der Waals surface area contributed by atoms with Crippen molar-refractivity contribution in [2.24, 2.45) is 12.2 Å². The monoisotopic (exact) mass is 387 g/mol. The summed E-state index contributed by atoms with van der Waals surface area (Å²) in [6.07, 6.45) is 0.250. The predicted molar refractivity (Wildman–Crippen MR) is 101 cm³/mol. The van der Waals surface area contributed by atoms with Crippen LogP contribution in [0.2, 0.25) is 0 Å². The van der Waals surface area contributed by atoms with Gasteiger partial charge < -0.3 is 4.57 Å². The number of aromatic nitrogens is 1. The zero-order valence-electron chi connectivity index (χ0n) is 14.5. The lowest BCUT2D eigenvalue weighted by Gasteiger charge is -2.10. The van der Waals surface area contributed by atoms with Crippen molar-refractivity contribution in [3.05, 3.63) is 89.0 Å². The van der Waals surface area contributed by atoms with Gasteiger partial charge in [-0.15, -0.1) is 0 Å². The molecule has 0 aliphatic rings. The molecule has 0 amide bonds. The highest BCUT2D eigenvalue weighted by atomic mass is 32.2. The Kier molecular flexibility index (Phi) is 5.11. The molecule has 0 spiro atoms. The highest BCUT2D eigenvalue weighted by Crippen LogP contribution is 2.20. The van der Waals surface area contributed by atoms with E-state index in [1.54, 1.807) is 48.0 Å². The van der Waals surface area contributed by atoms with E-state index in [0.29, 0.717) is 16.8 Å². The van der Waals surface area contributed by atoms with E-state index in [1.165, 1.54) is 12.1 Å². The summed E-state index contributed by atoms with van der Waals surface area (Å²) in [7, 11) is -2.21. The third-order valence-electron chi connectivity index (χ3n) is 4.18. The molecule has 0 unspecified atom stereocenters. The van der Waals surface area contributed by atoms with E-state index in [1.807, 2.05) is 10.8 Å². The summed E-state index contributed by atoms with van der Waals surface area (Å²) in [6.45, 7) is 0. The second-order valence-corrected chi connectivity index (χ2v) is 7.39. The van der Waals surface area contributed by atoms with Gasteiger partial charge in [-0.25, -0.2) is 9.53 Å². The first kappa shape index (κ1) is 18.8. The second kappa shape index (κ2) is 7.34. The molecular weight excluding hydrogens is 369 g/mol. The molecule has 140 valence electrons. The van der Waals surface area contributed by atoms with Gasteiger partial charge in [-0.3, -0.25) is 9.52 Å². The molecule has 2 aromatic carbocycles. The molecule has 0 saturated heterocycles. The Hall–Kier alpha value is -2.97. The van der Waals surface area contributed by atoms with Gasteiger partial charge in [0.25, 0.3) is 10.2 Å². The molecule has 0 radical (unpaired) electrons. The van der Waals surface area contributed by atoms with Crippen LogP contribution in [0.5, 0.6) is 0 Å². The van der Waals surface area contributed by atoms with Crippen LogP contribution in [0, 0.1) is 5.82 Å². The van der Waals surface area contributed by atoms with Crippen LogP contribution in [0.15, 0.2) is 60.7 Å². The van der Waals surface area contributed by atoms with Gasteiger partial charge in [0.05, 0.1) is 11.4 Å². The van der Waals surface area contributed by atoms with Gasteiger partial charge in [0, 0.05) is 24.7 Å². The highest BCUT2D eigenvalue weighted by molar-refractivity contribution is 7.90. The van der Waals surface area contributed by atoms with E-state index < -0.39 is 16.0 Å². The minimum Gasteiger partial charge on any atom is -0.345 e. The molecule has 0 atom stereocenters. The summed E-state index contributed by atoms with van der Waals surface area (Å²) in [5.74, 6) is -0.682. The van der Waals surface area contributed by atoms with Crippen molar-refractivity contribution >= 4 is 21.7 Å². The Balaban J connectivity index is 1.83. The largest absolute Gasteiger partial charge is 0.345 e. The molecule has 6 nitrogen and oxygen atoms in total. The topological polar surface area (TPSA) is 94.2 Å². The minimum absolute atomic E-state index is 0.0468. The lowest BCUT2D eigenvalue weighted by molar-refractivity contribution is 0.103. The summed E-state index contributed by atoms with van der Waals surface area (Å²) in [5.41, 5.74) is 2.25. The molecule has 1 heterocycles. The van der Waals surface area contributed by atoms with Gasteiger partial charge in [-0.2, -0.15) is 8.42 Å². The van der Waals surface area contributed by atoms with E-state index in [-0.39, 0.29) is 17.9 Å². The Morgan fingerprint density at radius 3 is 2.44 bits per heavy atom. The van der Waals surface area contributed by atoms with E-state index in [2.05, 4.69) is 0 Å². The van der Waals surface area contributed by atoms with Crippen LogP contribution < -0.4 is 9.86 Å². The van der Waals surface area contributed by atoms with Crippen LogP contribution in [0.1, 0.15) is 27.3 Å².